The lowest BCUT2D eigenvalue weighted by molar-refractivity contribution is -0.132. The number of aliphatic hydroxyl groups is 1. The van der Waals surface area contributed by atoms with Gasteiger partial charge < -0.3 is 24.6 Å². The van der Waals surface area contributed by atoms with Crippen molar-refractivity contribution in [3.63, 3.8) is 0 Å². The third-order valence-corrected chi connectivity index (χ3v) is 3.78. The second-order valence-electron chi connectivity index (χ2n) is 5.62. The van der Waals surface area contributed by atoms with Crippen molar-refractivity contribution in [1.82, 2.24) is 0 Å². The predicted molar refractivity (Wildman–Crippen MR) is 102 cm³/mol. The van der Waals surface area contributed by atoms with Gasteiger partial charge in [-0.3, -0.25) is 9.59 Å². The van der Waals surface area contributed by atoms with E-state index in [-0.39, 0.29) is 5.56 Å². The van der Waals surface area contributed by atoms with E-state index >= 15 is 0 Å². The Hall–Kier alpha value is -3.48. The minimum Gasteiger partial charge on any atom is -0.507 e. The molecule has 0 heterocycles. The van der Waals surface area contributed by atoms with Gasteiger partial charge in [0.15, 0.2) is 0 Å². The standard InChI is InChI=1S/C20H21NO6/c1-12-5-7-19(27-4)15(9-12)21-20(24)17(23)11-16(22)14-10-13(25-2)6-8-18(14)26-3/h5-11,22H,1-4H3,(H,21,24). The van der Waals surface area contributed by atoms with Crippen molar-refractivity contribution < 1.29 is 28.9 Å². The van der Waals surface area contributed by atoms with Gasteiger partial charge in [-0.05, 0) is 42.8 Å². The summed E-state index contributed by atoms with van der Waals surface area (Å²) in [5.41, 5.74) is 1.48. The summed E-state index contributed by atoms with van der Waals surface area (Å²) in [5, 5.41) is 12.8. The Morgan fingerprint density at radius 1 is 0.963 bits per heavy atom. The van der Waals surface area contributed by atoms with E-state index in [9.17, 15) is 14.7 Å². The molecule has 0 aliphatic carbocycles. The number of nitrogens with one attached hydrogen (secondary N) is 1. The van der Waals surface area contributed by atoms with E-state index in [1.807, 2.05) is 13.0 Å². The second-order valence-corrected chi connectivity index (χ2v) is 5.62. The molecule has 0 atom stereocenters. The number of hydrogen-bond acceptors (Lipinski definition) is 6. The van der Waals surface area contributed by atoms with Gasteiger partial charge in [0, 0.05) is 6.08 Å². The van der Waals surface area contributed by atoms with Crippen molar-refractivity contribution >= 4 is 23.1 Å². The van der Waals surface area contributed by atoms with Gasteiger partial charge in [-0.15, -0.1) is 0 Å². The van der Waals surface area contributed by atoms with Crippen molar-refractivity contribution in [3.05, 3.63) is 53.6 Å². The average molecular weight is 371 g/mol. The molecule has 2 rings (SSSR count). The first-order valence-corrected chi connectivity index (χ1v) is 8.02. The van der Waals surface area contributed by atoms with E-state index in [0.717, 1.165) is 11.6 Å². The highest BCUT2D eigenvalue weighted by atomic mass is 16.5. The van der Waals surface area contributed by atoms with Gasteiger partial charge in [0.2, 0.25) is 5.78 Å². The third-order valence-electron chi connectivity index (χ3n) is 3.78. The van der Waals surface area contributed by atoms with Crippen LogP contribution in [0.4, 0.5) is 5.69 Å². The maximum absolute atomic E-state index is 12.2. The first-order valence-electron chi connectivity index (χ1n) is 8.02. The highest BCUT2D eigenvalue weighted by molar-refractivity contribution is 6.45. The number of amides is 1. The lowest BCUT2D eigenvalue weighted by Gasteiger charge is -2.11. The van der Waals surface area contributed by atoms with Gasteiger partial charge in [-0.1, -0.05) is 6.07 Å². The monoisotopic (exact) mass is 371 g/mol. The number of hydrogen-bond donors (Lipinski definition) is 2. The molecule has 2 aromatic carbocycles. The number of rotatable bonds is 7. The van der Waals surface area contributed by atoms with Crippen LogP contribution >= 0.6 is 0 Å². The van der Waals surface area contributed by atoms with Crippen molar-refractivity contribution in [1.29, 1.82) is 0 Å². The summed E-state index contributed by atoms with van der Waals surface area (Å²) in [4.78, 5) is 24.4. The zero-order chi connectivity index (χ0) is 20.0. The SMILES string of the molecule is COc1ccc(OC)c(C(O)=CC(=O)C(=O)Nc2cc(C)ccc2OC)c1. The summed E-state index contributed by atoms with van der Waals surface area (Å²) in [6.07, 6.45) is 0.828. The van der Waals surface area contributed by atoms with Crippen LogP contribution in [-0.4, -0.2) is 38.1 Å². The highest BCUT2D eigenvalue weighted by Crippen LogP contribution is 2.29. The molecule has 2 aromatic rings. The van der Waals surface area contributed by atoms with Crippen molar-refractivity contribution in [3.8, 4) is 17.2 Å². The number of methoxy groups -OCH3 is 3. The van der Waals surface area contributed by atoms with Crippen LogP contribution in [-0.2, 0) is 9.59 Å². The largest absolute Gasteiger partial charge is 0.507 e. The molecule has 2 N–H and O–H groups in total. The predicted octanol–water partition coefficient (Wildman–Crippen LogP) is 3.13. The Balaban J connectivity index is 2.25. The van der Waals surface area contributed by atoms with Crippen LogP contribution in [0, 0.1) is 6.92 Å². The van der Waals surface area contributed by atoms with E-state index in [0.29, 0.717) is 22.9 Å². The molecular weight excluding hydrogens is 350 g/mol. The number of carbonyl (C=O) groups excluding carboxylic acids is 2. The molecule has 0 aliphatic heterocycles. The first kappa shape index (κ1) is 19.8. The molecule has 0 aliphatic rings. The molecule has 7 nitrogen and oxygen atoms in total. The molecule has 142 valence electrons. The molecular formula is C20H21NO6. The fourth-order valence-corrected chi connectivity index (χ4v) is 2.39. The number of benzene rings is 2. The molecule has 0 saturated heterocycles. The molecule has 27 heavy (non-hydrogen) atoms. The molecule has 0 spiro atoms. The quantitative estimate of drug-likeness (QED) is 0.441. The summed E-state index contributed by atoms with van der Waals surface area (Å²) in [5.74, 6) is -1.04. The van der Waals surface area contributed by atoms with E-state index in [4.69, 9.17) is 14.2 Å². The average Bonchev–Trinajstić information content (AvgIpc) is 2.67. The summed E-state index contributed by atoms with van der Waals surface area (Å²) in [6.45, 7) is 1.84. The van der Waals surface area contributed by atoms with Crippen LogP contribution in [0.15, 0.2) is 42.5 Å². The molecule has 7 heteroatoms. The van der Waals surface area contributed by atoms with Gasteiger partial charge in [0.25, 0.3) is 5.91 Å². The summed E-state index contributed by atoms with van der Waals surface area (Å²) < 4.78 is 15.4. The first-order chi connectivity index (χ1) is 12.9. The van der Waals surface area contributed by atoms with Gasteiger partial charge in [0.05, 0.1) is 32.6 Å². The third kappa shape index (κ3) is 4.78. The zero-order valence-electron chi connectivity index (χ0n) is 15.5. The van der Waals surface area contributed by atoms with Gasteiger partial charge in [0.1, 0.15) is 23.0 Å². The lowest BCUT2D eigenvalue weighted by atomic mass is 10.1. The van der Waals surface area contributed by atoms with Crippen LogP contribution < -0.4 is 19.5 Å². The maximum Gasteiger partial charge on any atom is 0.296 e. The van der Waals surface area contributed by atoms with Crippen molar-refractivity contribution in [2.75, 3.05) is 26.6 Å². The summed E-state index contributed by atoms with van der Waals surface area (Å²) >= 11 is 0. The van der Waals surface area contributed by atoms with Crippen molar-refractivity contribution in [2.24, 2.45) is 0 Å². The van der Waals surface area contributed by atoms with Crippen LogP contribution in [0.5, 0.6) is 17.2 Å². The number of aliphatic hydroxyl groups excluding tert-OH is 1. The second kappa shape index (κ2) is 8.75. The van der Waals surface area contributed by atoms with Gasteiger partial charge >= 0.3 is 0 Å². The van der Waals surface area contributed by atoms with Gasteiger partial charge in [-0.25, -0.2) is 0 Å². The lowest BCUT2D eigenvalue weighted by Crippen LogP contribution is -2.21. The molecule has 0 fully saturated rings. The molecule has 1 amide bonds. The normalized spacial score (nSPS) is 10.9. The number of anilines is 1. The van der Waals surface area contributed by atoms with Gasteiger partial charge in [-0.2, -0.15) is 0 Å². The van der Waals surface area contributed by atoms with Crippen LogP contribution in [0.2, 0.25) is 0 Å². The minimum atomic E-state index is -0.930. The minimum absolute atomic E-state index is 0.228. The molecule has 0 bridgehead atoms. The Morgan fingerprint density at radius 3 is 2.26 bits per heavy atom. The number of ketones is 1. The molecule has 0 saturated carbocycles. The number of carbonyl (C=O) groups is 2. The smallest absolute Gasteiger partial charge is 0.296 e. The topological polar surface area (TPSA) is 94.1 Å². The molecule has 0 radical (unpaired) electrons. The molecule has 0 aromatic heterocycles. The highest BCUT2D eigenvalue weighted by Gasteiger charge is 2.17. The van der Waals surface area contributed by atoms with E-state index in [1.165, 1.54) is 27.4 Å². The Morgan fingerprint density at radius 2 is 1.63 bits per heavy atom. The van der Waals surface area contributed by atoms with Crippen molar-refractivity contribution in [2.45, 2.75) is 6.92 Å². The number of ether oxygens (including phenoxy) is 3. The van der Waals surface area contributed by atoms with E-state index in [1.54, 1.807) is 24.3 Å². The van der Waals surface area contributed by atoms with Crippen LogP contribution in [0.1, 0.15) is 11.1 Å². The number of aryl methyl sites for hydroxylation is 1. The van der Waals surface area contributed by atoms with E-state index < -0.39 is 17.4 Å². The van der Waals surface area contributed by atoms with Crippen LogP contribution in [0.25, 0.3) is 5.76 Å². The fourth-order valence-electron chi connectivity index (χ4n) is 2.39. The maximum atomic E-state index is 12.2. The van der Waals surface area contributed by atoms with Crippen LogP contribution in [0.3, 0.4) is 0 Å². The summed E-state index contributed by atoms with van der Waals surface area (Å²) in [7, 11) is 4.36. The van der Waals surface area contributed by atoms with E-state index in [2.05, 4.69) is 5.32 Å². The summed E-state index contributed by atoms with van der Waals surface area (Å²) in [6, 6.07) is 9.91. The Kier molecular flexibility index (Phi) is 6.43. The molecule has 0 unspecified atom stereocenters. The fraction of sp³-hybridized carbons (Fsp3) is 0.200. The zero-order valence-corrected chi connectivity index (χ0v) is 15.5. The Bertz CT molecular complexity index is 888. The Labute approximate surface area is 157 Å².